The summed E-state index contributed by atoms with van der Waals surface area (Å²) >= 11 is 0. The molecule has 0 radical (unpaired) electrons. The van der Waals surface area contributed by atoms with Crippen LogP contribution in [0.25, 0.3) is 0 Å². The van der Waals surface area contributed by atoms with Crippen molar-refractivity contribution in [3.63, 3.8) is 0 Å². The van der Waals surface area contributed by atoms with Gasteiger partial charge in [0.1, 0.15) is 0 Å². The third kappa shape index (κ3) is 2.48. The van der Waals surface area contributed by atoms with Crippen LogP contribution in [0, 0.1) is 5.92 Å². The fraction of sp³-hybridized carbons (Fsp3) is 0.917. The molecule has 92 valence electrons. The molecule has 0 amide bonds. The van der Waals surface area contributed by atoms with Crippen molar-refractivity contribution in [3.05, 3.63) is 0 Å². The van der Waals surface area contributed by atoms with Gasteiger partial charge in [-0.05, 0) is 38.0 Å². The summed E-state index contributed by atoms with van der Waals surface area (Å²) in [7, 11) is 0. The lowest BCUT2D eigenvalue weighted by atomic mass is 9.92. The first-order valence-corrected chi connectivity index (χ1v) is 6.39. The van der Waals surface area contributed by atoms with Gasteiger partial charge in [-0.25, -0.2) is 0 Å². The van der Waals surface area contributed by atoms with E-state index >= 15 is 0 Å². The van der Waals surface area contributed by atoms with E-state index in [4.69, 9.17) is 5.73 Å². The van der Waals surface area contributed by atoms with Crippen molar-refractivity contribution < 1.29 is 5.11 Å². The van der Waals surface area contributed by atoms with E-state index in [1.54, 1.807) is 0 Å². The van der Waals surface area contributed by atoms with Crippen molar-refractivity contribution in [1.29, 1.82) is 0 Å². The van der Waals surface area contributed by atoms with E-state index < -0.39 is 5.60 Å². The number of nitrogens with two attached hydrogens (primary N) is 1. The first-order valence-electron chi connectivity index (χ1n) is 6.39. The summed E-state index contributed by atoms with van der Waals surface area (Å²) in [5.41, 5.74) is 5.18. The zero-order valence-corrected chi connectivity index (χ0v) is 10.1. The van der Waals surface area contributed by atoms with Crippen LogP contribution in [0.15, 0.2) is 4.99 Å². The smallest absolute Gasteiger partial charge is 0.188 e. The van der Waals surface area contributed by atoms with E-state index in [0.29, 0.717) is 24.5 Å². The standard InChI is InChI=1S/C12H23N3O/c1-9-4-3-7-12(9,16)8-14-11(13)15-10-5-2-6-10/h9-10,16H,2-8H2,1H3,(H3,13,14,15). The van der Waals surface area contributed by atoms with E-state index in [1.807, 2.05) is 0 Å². The largest absolute Gasteiger partial charge is 0.388 e. The van der Waals surface area contributed by atoms with E-state index in [1.165, 1.54) is 19.3 Å². The highest BCUT2D eigenvalue weighted by molar-refractivity contribution is 5.78. The molecular weight excluding hydrogens is 202 g/mol. The van der Waals surface area contributed by atoms with Crippen molar-refractivity contribution in [3.8, 4) is 0 Å². The Bertz CT molecular complexity index is 275. The number of guanidine groups is 1. The number of aliphatic imine (C=N–C) groups is 1. The summed E-state index contributed by atoms with van der Waals surface area (Å²) in [6.07, 6.45) is 6.72. The number of hydrogen-bond acceptors (Lipinski definition) is 2. The summed E-state index contributed by atoms with van der Waals surface area (Å²) in [5.74, 6) is 0.838. The quantitative estimate of drug-likeness (QED) is 0.495. The first-order chi connectivity index (χ1) is 7.60. The van der Waals surface area contributed by atoms with Crippen molar-refractivity contribution in [2.24, 2.45) is 16.6 Å². The molecule has 0 bridgehead atoms. The molecule has 0 spiro atoms. The van der Waals surface area contributed by atoms with Gasteiger partial charge in [-0.1, -0.05) is 13.3 Å². The van der Waals surface area contributed by atoms with Crippen LogP contribution in [-0.2, 0) is 0 Å². The first kappa shape index (κ1) is 11.7. The van der Waals surface area contributed by atoms with E-state index in [9.17, 15) is 5.11 Å². The highest BCUT2D eigenvalue weighted by Crippen LogP contribution is 2.35. The van der Waals surface area contributed by atoms with E-state index in [2.05, 4.69) is 17.2 Å². The average molecular weight is 225 g/mol. The van der Waals surface area contributed by atoms with Crippen molar-refractivity contribution >= 4 is 5.96 Å². The van der Waals surface area contributed by atoms with Gasteiger partial charge in [0.25, 0.3) is 0 Å². The number of nitrogens with one attached hydrogen (secondary N) is 1. The minimum atomic E-state index is -0.619. The maximum Gasteiger partial charge on any atom is 0.188 e. The Balaban J connectivity index is 1.81. The van der Waals surface area contributed by atoms with Crippen LogP contribution in [0.5, 0.6) is 0 Å². The Hall–Kier alpha value is -0.770. The van der Waals surface area contributed by atoms with Crippen molar-refractivity contribution in [2.45, 2.75) is 57.1 Å². The summed E-state index contributed by atoms with van der Waals surface area (Å²) in [6.45, 7) is 2.54. The molecule has 0 aliphatic heterocycles. The van der Waals surface area contributed by atoms with Gasteiger partial charge >= 0.3 is 0 Å². The Morgan fingerprint density at radius 1 is 1.44 bits per heavy atom. The van der Waals surface area contributed by atoms with Gasteiger partial charge in [-0.15, -0.1) is 0 Å². The SMILES string of the molecule is CC1CCCC1(O)CN=C(N)NC1CCC1. The summed E-state index contributed by atoms with van der Waals surface area (Å²) in [4.78, 5) is 4.28. The third-order valence-electron chi connectivity index (χ3n) is 4.14. The maximum atomic E-state index is 10.3. The van der Waals surface area contributed by atoms with Gasteiger partial charge in [0.15, 0.2) is 5.96 Å². The molecule has 2 aliphatic carbocycles. The maximum absolute atomic E-state index is 10.3. The molecule has 2 aliphatic rings. The van der Waals surface area contributed by atoms with Crippen LogP contribution >= 0.6 is 0 Å². The summed E-state index contributed by atoms with van der Waals surface area (Å²) < 4.78 is 0. The number of aliphatic hydroxyl groups is 1. The molecule has 2 fully saturated rings. The van der Waals surface area contributed by atoms with Crippen LogP contribution in [0.2, 0.25) is 0 Å². The minimum absolute atomic E-state index is 0.341. The molecule has 0 saturated heterocycles. The van der Waals surface area contributed by atoms with Gasteiger partial charge in [-0.3, -0.25) is 4.99 Å². The fourth-order valence-electron chi connectivity index (χ4n) is 2.49. The van der Waals surface area contributed by atoms with Crippen LogP contribution in [-0.4, -0.2) is 29.3 Å². The molecule has 0 aromatic rings. The van der Waals surface area contributed by atoms with Crippen LogP contribution in [0.3, 0.4) is 0 Å². The van der Waals surface area contributed by atoms with Gasteiger partial charge in [-0.2, -0.15) is 0 Å². The molecule has 16 heavy (non-hydrogen) atoms. The average Bonchev–Trinajstić information content (AvgIpc) is 2.51. The molecule has 2 atom stereocenters. The predicted molar refractivity (Wildman–Crippen MR) is 65.2 cm³/mol. The third-order valence-corrected chi connectivity index (χ3v) is 4.14. The Labute approximate surface area is 97.3 Å². The van der Waals surface area contributed by atoms with Gasteiger partial charge in [0.2, 0.25) is 0 Å². The minimum Gasteiger partial charge on any atom is -0.388 e. The zero-order valence-electron chi connectivity index (χ0n) is 10.1. The summed E-state index contributed by atoms with van der Waals surface area (Å²) in [5, 5.41) is 13.5. The van der Waals surface area contributed by atoms with Crippen molar-refractivity contribution in [2.75, 3.05) is 6.54 Å². The molecule has 2 saturated carbocycles. The molecule has 4 nitrogen and oxygen atoms in total. The van der Waals surface area contributed by atoms with Crippen molar-refractivity contribution in [1.82, 2.24) is 5.32 Å². The normalized spacial score (nSPS) is 36.1. The number of nitrogens with zero attached hydrogens (tertiary/aromatic N) is 1. The number of hydrogen-bond donors (Lipinski definition) is 3. The second-order valence-corrected chi connectivity index (χ2v) is 5.37. The zero-order chi connectivity index (χ0) is 11.6. The van der Waals surface area contributed by atoms with Crippen LogP contribution < -0.4 is 11.1 Å². The lowest BCUT2D eigenvalue weighted by molar-refractivity contribution is 0.0186. The number of rotatable bonds is 3. The Kier molecular flexibility index (Phi) is 3.38. The molecule has 2 rings (SSSR count). The molecule has 0 aromatic carbocycles. The molecule has 2 unspecified atom stereocenters. The van der Waals surface area contributed by atoms with Crippen LogP contribution in [0.1, 0.15) is 45.4 Å². The highest BCUT2D eigenvalue weighted by atomic mass is 16.3. The van der Waals surface area contributed by atoms with Gasteiger partial charge in [0.05, 0.1) is 12.1 Å². The predicted octanol–water partition coefficient (Wildman–Crippen LogP) is 0.994. The molecule has 4 N–H and O–H groups in total. The van der Waals surface area contributed by atoms with E-state index in [-0.39, 0.29) is 0 Å². The molecule has 0 aromatic heterocycles. The summed E-state index contributed by atoms with van der Waals surface area (Å²) in [6, 6.07) is 0.513. The lowest BCUT2D eigenvalue weighted by Crippen LogP contribution is -2.45. The second-order valence-electron chi connectivity index (χ2n) is 5.37. The Morgan fingerprint density at radius 3 is 2.69 bits per heavy atom. The molecule has 0 heterocycles. The highest BCUT2D eigenvalue weighted by Gasteiger charge is 2.37. The van der Waals surface area contributed by atoms with E-state index in [0.717, 1.165) is 19.3 Å². The fourth-order valence-corrected chi connectivity index (χ4v) is 2.49. The lowest BCUT2D eigenvalue weighted by Gasteiger charge is -2.28. The monoisotopic (exact) mass is 225 g/mol. The molecular formula is C12H23N3O. The Morgan fingerprint density at radius 2 is 2.19 bits per heavy atom. The van der Waals surface area contributed by atoms with Crippen LogP contribution in [0.4, 0.5) is 0 Å². The van der Waals surface area contributed by atoms with Gasteiger partial charge in [0, 0.05) is 6.04 Å². The second kappa shape index (κ2) is 4.62. The topological polar surface area (TPSA) is 70.6 Å². The molecule has 4 heteroatoms. The van der Waals surface area contributed by atoms with Gasteiger partial charge < -0.3 is 16.2 Å².